The van der Waals surface area contributed by atoms with E-state index >= 15 is 0 Å². The highest BCUT2D eigenvalue weighted by Crippen LogP contribution is 2.53. The summed E-state index contributed by atoms with van der Waals surface area (Å²) < 4.78 is 5.78. The molecule has 0 radical (unpaired) electrons. The fourth-order valence-electron chi connectivity index (χ4n) is 6.66. The molecule has 0 bridgehead atoms. The van der Waals surface area contributed by atoms with Crippen LogP contribution in [0.15, 0.2) is 18.3 Å². The van der Waals surface area contributed by atoms with Gasteiger partial charge in [0.1, 0.15) is 6.61 Å². The van der Waals surface area contributed by atoms with Gasteiger partial charge in [-0.2, -0.15) is 5.10 Å². The first-order valence-electron chi connectivity index (χ1n) is 12.8. The third-order valence-electron chi connectivity index (χ3n) is 8.43. The van der Waals surface area contributed by atoms with Crippen LogP contribution in [0.1, 0.15) is 28.0 Å². The van der Waals surface area contributed by atoms with E-state index in [0.717, 1.165) is 0 Å². The first-order valence-corrected chi connectivity index (χ1v) is 12.8. The number of anilines is 1. The molecular weight excluding hydrogens is 522 g/mol. The lowest BCUT2D eigenvalue weighted by atomic mass is 9.52. The zero-order chi connectivity index (χ0) is 29.3. The Kier molecular flexibility index (Phi) is 6.54. The number of benzene rings is 1. The van der Waals surface area contributed by atoms with Gasteiger partial charge in [0.2, 0.25) is 5.91 Å². The quantitative estimate of drug-likeness (QED) is 0.328. The van der Waals surface area contributed by atoms with Gasteiger partial charge in [0.15, 0.2) is 46.2 Å². The van der Waals surface area contributed by atoms with Crippen molar-refractivity contribution in [3.63, 3.8) is 0 Å². The summed E-state index contributed by atoms with van der Waals surface area (Å²) in [4.78, 5) is 69.9. The number of hydrogen-bond donors (Lipinski definition) is 4. The van der Waals surface area contributed by atoms with Crippen molar-refractivity contribution < 1.29 is 38.9 Å². The Labute approximate surface area is 229 Å². The van der Waals surface area contributed by atoms with Gasteiger partial charge in [0.25, 0.3) is 0 Å². The van der Waals surface area contributed by atoms with Crippen molar-refractivity contribution in [2.45, 2.75) is 31.1 Å². The number of Topliss-reactive ketones (excluding diaryl/α,β-unsaturated/α-hetero) is 4. The third kappa shape index (κ3) is 3.83. The molecule has 1 aromatic heterocycles. The monoisotopic (exact) mass is 553 g/mol. The number of ether oxygens (including phenoxy) is 1. The van der Waals surface area contributed by atoms with E-state index in [1.165, 1.54) is 11.1 Å². The van der Waals surface area contributed by atoms with Crippen LogP contribution in [0, 0.1) is 23.7 Å². The molecule has 2 saturated carbocycles. The Balaban J connectivity index is 1.61. The van der Waals surface area contributed by atoms with Gasteiger partial charge < -0.3 is 25.6 Å². The summed E-state index contributed by atoms with van der Waals surface area (Å²) in [5.74, 6) is -11.0. The Bertz CT molecular complexity index is 1430. The van der Waals surface area contributed by atoms with Crippen LogP contribution in [-0.4, -0.2) is 94.2 Å². The highest BCUT2D eigenvalue weighted by Gasteiger charge is 2.69. The maximum atomic E-state index is 14.0. The van der Waals surface area contributed by atoms with E-state index in [1.54, 1.807) is 45.2 Å². The summed E-state index contributed by atoms with van der Waals surface area (Å²) in [6.07, 6.45) is 1.68. The van der Waals surface area contributed by atoms with E-state index in [2.05, 4.69) is 10.2 Å². The van der Waals surface area contributed by atoms with Crippen LogP contribution in [0.2, 0.25) is 0 Å². The standard InChI is InChI=1S/C27H31N5O8/c1-31(2)15-9-16(40-10-12-5-6-29-30-12)21(33)18-13(15)7-11-8-14-20(32(3)4)23(35)19(26(28)38)25(37)27(14,39)24(36)17(11)22(18)34/h5-6,9,11,14,17,19-20,33,39H,7-8,10H2,1-4H3,(H2,28,38)(H,29,30)/t11-,14-,17?,19?,20-,27-/m0/s1. The van der Waals surface area contributed by atoms with Gasteiger partial charge in [-0.05, 0) is 44.5 Å². The lowest BCUT2D eigenvalue weighted by molar-refractivity contribution is -0.181. The van der Waals surface area contributed by atoms with Crippen molar-refractivity contribution in [1.82, 2.24) is 15.1 Å². The smallest absolute Gasteiger partial charge is 0.235 e. The molecule has 13 heteroatoms. The average molecular weight is 554 g/mol. The highest BCUT2D eigenvalue weighted by atomic mass is 16.5. The summed E-state index contributed by atoms with van der Waals surface area (Å²) in [6.45, 7) is 0.0166. The number of nitrogens with zero attached hydrogens (tertiary/aromatic N) is 3. The summed E-state index contributed by atoms with van der Waals surface area (Å²) >= 11 is 0. The first-order chi connectivity index (χ1) is 18.8. The fourth-order valence-corrected chi connectivity index (χ4v) is 6.66. The van der Waals surface area contributed by atoms with Crippen molar-refractivity contribution in [1.29, 1.82) is 0 Å². The van der Waals surface area contributed by atoms with Gasteiger partial charge in [0.05, 0.1) is 23.2 Å². The second-order valence-corrected chi connectivity index (χ2v) is 11.2. The molecule has 2 aromatic rings. The van der Waals surface area contributed by atoms with Gasteiger partial charge in [-0.3, -0.25) is 34.0 Å². The predicted molar refractivity (Wildman–Crippen MR) is 139 cm³/mol. The van der Waals surface area contributed by atoms with E-state index < -0.39 is 70.1 Å². The normalized spacial score (nSPS) is 29.6. The summed E-state index contributed by atoms with van der Waals surface area (Å²) in [7, 11) is 6.61. The number of primary amides is 1. The zero-order valence-electron chi connectivity index (χ0n) is 22.5. The van der Waals surface area contributed by atoms with Crippen molar-refractivity contribution >= 4 is 34.7 Å². The molecule has 1 amide bonds. The van der Waals surface area contributed by atoms with E-state index in [0.29, 0.717) is 16.9 Å². The van der Waals surface area contributed by atoms with Gasteiger partial charge in [0, 0.05) is 38.0 Å². The number of aromatic amines is 1. The van der Waals surface area contributed by atoms with Crippen molar-refractivity contribution in [2.75, 3.05) is 33.1 Å². The summed E-state index contributed by atoms with van der Waals surface area (Å²) in [6, 6.07) is 2.14. The number of aromatic hydroxyl groups is 1. The number of nitrogens with two attached hydrogens (primary N) is 1. The molecule has 0 spiro atoms. The molecule has 2 unspecified atom stereocenters. The maximum absolute atomic E-state index is 14.0. The molecule has 3 aliphatic rings. The Morgan fingerprint density at radius 3 is 2.48 bits per heavy atom. The third-order valence-corrected chi connectivity index (χ3v) is 8.43. The lowest BCUT2D eigenvalue weighted by Gasteiger charge is -2.52. The molecule has 5 rings (SSSR count). The number of ketones is 4. The van der Waals surface area contributed by atoms with Crippen LogP contribution in [0.3, 0.4) is 0 Å². The van der Waals surface area contributed by atoms with E-state index in [1.807, 2.05) is 0 Å². The number of likely N-dealkylation sites (N-methyl/N-ethyl adjacent to an activating group) is 1. The van der Waals surface area contributed by atoms with Crippen LogP contribution in [0.5, 0.6) is 11.5 Å². The number of hydrogen-bond acceptors (Lipinski definition) is 11. The molecule has 5 N–H and O–H groups in total. The second-order valence-electron chi connectivity index (χ2n) is 11.2. The minimum absolute atomic E-state index is 0.00417. The Morgan fingerprint density at radius 1 is 1.20 bits per heavy atom. The minimum Gasteiger partial charge on any atom is -0.504 e. The largest absolute Gasteiger partial charge is 0.504 e. The number of carbonyl (C=O) groups is 5. The Morgan fingerprint density at radius 2 is 1.90 bits per heavy atom. The van der Waals surface area contributed by atoms with Crippen LogP contribution in [-0.2, 0) is 32.2 Å². The number of carbonyl (C=O) groups excluding carboxylic acids is 5. The van der Waals surface area contributed by atoms with Gasteiger partial charge in [-0.25, -0.2) is 0 Å². The zero-order valence-corrected chi connectivity index (χ0v) is 22.5. The van der Waals surface area contributed by atoms with Crippen molar-refractivity contribution in [3.8, 4) is 11.5 Å². The van der Waals surface area contributed by atoms with E-state index in [9.17, 15) is 34.2 Å². The van der Waals surface area contributed by atoms with Crippen LogP contribution in [0.4, 0.5) is 5.69 Å². The van der Waals surface area contributed by atoms with Crippen LogP contribution in [0.25, 0.3) is 0 Å². The molecule has 212 valence electrons. The molecule has 0 aliphatic heterocycles. The summed E-state index contributed by atoms with van der Waals surface area (Å²) in [5, 5.41) is 29.5. The number of phenols is 1. The van der Waals surface area contributed by atoms with Crippen LogP contribution >= 0.6 is 0 Å². The predicted octanol–water partition coefficient (Wildman–Crippen LogP) is -0.765. The summed E-state index contributed by atoms with van der Waals surface area (Å²) in [5.41, 5.74) is 4.15. The fraction of sp³-hybridized carbons (Fsp3) is 0.481. The Hall–Kier alpha value is -4.10. The number of amides is 1. The number of aromatic nitrogens is 2. The molecule has 40 heavy (non-hydrogen) atoms. The molecule has 1 heterocycles. The van der Waals surface area contributed by atoms with Gasteiger partial charge >= 0.3 is 0 Å². The first kappa shape index (κ1) is 27.5. The number of phenolic OH excluding ortho intramolecular Hbond substituents is 1. The van der Waals surface area contributed by atoms with Gasteiger partial charge in [-0.1, -0.05) is 0 Å². The number of H-pyrrole nitrogens is 1. The number of nitrogens with one attached hydrogen (secondary N) is 1. The molecule has 6 atom stereocenters. The molecule has 13 nitrogen and oxygen atoms in total. The topological polar surface area (TPSA) is 196 Å². The van der Waals surface area contributed by atoms with E-state index in [4.69, 9.17) is 10.5 Å². The number of fused-ring (bicyclic) bond motifs is 3. The van der Waals surface area contributed by atoms with Crippen molar-refractivity contribution in [2.24, 2.45) is 29.4 Å². The number of rotatable bonds is 6. The van der Waals surface area contributed by atoms with Crippen LogP contribution < -0.4 is 15.4 Å². The average Bonchev–Trinajstić information content (AvgIpc) is 3.39. The minimum atomic E-state index is -2.77. The SMILES string of the molecule is CN(C)c1cc(OCc2ccn[nH]2)c(O)c2c1C[C@H]1C[C@H]3[C@H](N(C)C)C(=O)C(C(N)=O)C(=O)[C@@]3(O)C(=O)C1C2=O. The number of aliphatic hydroxyl groups is 1. The molecule has 1 aromatic carbocycles. The van der Waals surface area contributed by atoms with E-state index in [-0.39, 0.29) is 30.8 Å². The van der Waals surface area contributed by atoms with Crippen molar-refractivity contribution in [3.05, 3.63) is 35.2 Å². The molecule has 0 saturated heterocycles. The lowest BCUT2D eigenvalue weighted by Crippen LogP contribution is -2.74. The molecule has 2 fully saturated rings. The van der Waals surface area contributed by atoms with Gasteiger partial charge in [-0.15, -0.1) is 0 Å². The molecular formula is C27H31N5O8. The highest BCUT2D eigenvalue weighted by molar-refractivity contribution is 6.32. The molecule has 3 aliphatic carbocycles. The maximum Gasteiger partial charge on any atom is 0.235 e. The second kappa shape index (κ2) is 9.52.